The van der Waals surface area contributed by atoms with Crippen molar-refractivity contribution in [3.05, 3.63) is 0 Å². The van der Waals surface area contributed by atoms with Crippen LogP contribution in [-0.2, 0) is 4.74 Å². The van der Waals surface area contributed by atoms with Crippen LogP contribution in [0.3, 0.4) is 0 Å². The van der Waals surface area contributed by atoms with Crippen molar-refractivity contribution in [1.82, 2.24) is 4.90 Å². The van der Waals surface area contributed by atoms with Crippen LogP contribution in [0.15, 0.2) is 0 Å². The van der Waals surface area contributed by atoms with Gasteiger partial charge in [0.05, 0.1) is 0 Å². The van der Waals surface area contributed by atoms with E-state index in [0.717, 1.165) is 18.6 Å². The fraction of sp³-hybridized carbons (Fsp3) is 1.00. The predicted octanol–water partition coefficient (Wildman–Crippen LogP) is 1.36. The van der Waals surface area contributed by atoms with E-state index in [1.54, 1.807) is 7.11 Å². The molecule has 2 nitrogen and oxygen atoms in total. The number of hydrogen-bond acceptors (Lipinski definition) is 2. The van der Waals surface area contributed by atoms with Gasteiger partial charge in [-0.05, 0) is 12.3 Å². The standard InChI is InChI=1S/C9H19NO/c1-8(2)9-7-10(9)5-4-6-11-3/h8-9H,4-7H2,1-3H3. The maximum Gasteiger partial charge on any atom is 0.0474 e. The average Bonchev–Trinajstić information content (AvgIpc) is 2.68. The fourth-order valence-corrected chi connectivity index (χ4v) is 1.49. The van der Waals surface area contributed by atoms with Crippen molar-refractivity contribution in [2.45, 2.75) is 26.3 Å². The van der Waals surface area contributed by atoms with Gasteiger partial charge in [-0.25, -0.2) is 0 Å². The molecule has 1 fully saturated rings. The Bertz CT molecular complexity index is 114. The number of ether oxygens (including phenoxy) is 1. The minimum atomic E-state index is 0.831. The average molecular weight is 157 g/mol. The van der Waals surface area contributed by atoms with Gasteiger partial charge in [0, 0.05) is 32.8 Å². The minimum Gasteiger partial charge on any atom is -0.385 e. The van der Waals surface area contributed by atoms with Gasteiger partial charge in [0.2, 0.25) is 0 Å². The molecule has 1 aliphatic heterocycles. The smallest absolute Gasteiger partial charge is 0.0474 e. The van der Waals surface area contributed by atoms with Crippen LogP contribution in [0.4, 0.5) is 0 Å². The van der Waals surface area contributed by atoms with Gasteiger partial charge in [0.25, 0.3) is 0 Å². The molecule has 1 rings (SSSR count). The van der Waals surface area contributed by atoms with Gasteiger partial charge >= 0.3 is 0 Å². The van der Waals surface area contributed by atoms with E-state index >= 15 is 0 Å². The molecule has 1 aliphatic rings. The first kappa shape index (κ1) is 9.01. The van der Waals surface area contributed by atoms with E-state index in [9.17, 15) is 0 Å². The molecular weight excluding hydrogens is 138 g/mol. The summed E-state index contributed by atoms with van der Waals surface area (Å²) < 4.78 is 4.99. The van der Waals surface area contributed by atoms with E-state index < -0.39 is 0 Å². The molecule has 1 heterocycles. The molecule has 2 unspecified atom stereocenters. The molecule has 66 valence electrons. The summed E-state index contributed by atoms with van der Waals surface area (Å²) in [6.07, 6.45) is 1.18. The molecule has 0 aromatic rings. The van der Waals surface area contributed by atoms with Gasteiger partial charge in [-0.3, -0.25) is 4.90 Å². The fourth-order valence-electron chi connectivity index (χ4n) is 1.49. The second-order valence-corrected chi connectivity index (χ2v) is 3.65. The van der Waals surface area contributed by atoms with Crippen LogP contribution in [0.2, 0.25) is 0 Å². The van der Waals surface area contributed by atoms with Crippen molar-refractivity contribution in [2.75, 3.05) is 26.8 Å². The Morgan fingerprint density at radius 3 is 2.73 bits per heavy atom. The van der Waals surface area contributed by atoms with Crippen molar-refractivity contribution in [1.29, 1.82) is 0 Å². The molecule has 0 bridgehead atoms. The monoisotopic (exact) mass is 157 g/mol. The summed E-state index contributed by atoms with van der Waals surface area (Å²) in [4.78, 5) is 2.52. The number of rotatable bonds is 5. The Morgan fingerprint density at radius 1 is 1.55 bits per heavy atom. The van der Waals surface area contributed by atoms with E-state index in [0.29, 0.717) is 0 Å². The van der Waals surface area contributed by atoms with Crippen molar-refractivity contribution >= 4 is 0 Å². The Morgan fingerprint density at radius 2 is 2.27 bits per heavy atom. The molecular formula is C9H19NO. The Balaban J connectivity index is 1.96. The Kier molecular flexibility index (Phi) is 3.34. The van der Waals surface area contributed by atoms with Gasteiger partial charge in [-0.1, -0.05) is 13.8 Å². The first-order valence-electron chi connectivity index (χ1n) is 4.48. The van der Waals surface area contributed by atoms with E-state index in [2.05, 4.69) is 18.7 Å². The molecule has 0 spiro atoms. The van der Waals surface area contributed by atoms with Crippen molar-refractivity contribution < 1.29 is 4.74 Å². The van der Waals surface area contributed by atoms with Crippen LogP contribution in [0.25, 0.3) is 0 Å². The highest BCUT2D eigenvalue weighted by atomic mass is 16.5. The largest absolute Gasteiger partial charge is 0.385 e. The minimum absolute atomic E-state index is 0.831. The van der Waals surface area contributed by atoms with E-state index in [1.165, 1.54) is 19.5 Å². The lowest BCUT2D eigenvalue weighted by Crippen LogP contribution is -2.10. The molecule has 0 radical (unpaired) electrons. The molecule has 1 saturated heterocycles. The van der Waals surface area contributed by atoms with Crippen LogP contribution < -0.4 is 0 Å². The molecule has 2 atom stereocenters. The highest BCUT2D eigenvalue weighted by Crippen LogP contribution is 2.24. The quantitative estimate of drug-likeness (QED) is 0.441. The highest BCUT2D eigenvalue weighted by Gasteiger charge is 2.35. The van der Waals surface area contributed by atoms with Crippen molar-refractivity contribution in [2.24, 2.45) is 5.92 Å². The van der Waals surface area contributed by atoms with Gasteiger partial charge in [0.15, 0.2) is 0 Å². The summed E-state index contributed by atoms with van der Waals surface area (Å²) in [5, 5.41) is 0. The summed E-state index contributed by atoms with van der Waals surface area (Å²) in [6.45, 7) is 8.02. The summed E-state index contributed by atoms with van der Waals surface area (Å²) in [5.74, 6) is 0.831. The number of nitrogens with zero attached hydrogens (tertiary/aromatic N) is 1. The predicted molar refractivity (Wildman–Crippen MR) is 46.7 cm³/mol. The maximum absolute atomic E-state index is 4.99. The molecule has 11 heavy (non-hydrogen) atoms. The zero-order valence-electron chi connectivity index (χ0n) is 7.84. The van der Waals surface area contributed by atoms with E-state index in [1.807, 2.05) is 0 Å². The van der Waals surface area contributed by atoms with Crippen molar-refractivity contribution in [3.63, 3.8) is 0 Å². The Labute approximate surface area is 69.5 Å². The van der Waals surface area contributed by atoms with Gasteiger partial charge in [0.1, 0.15) is 0 Å². The topological polar surface area (TPSA) is 12.2 Å². The number of hydrogen-bond donors (Lipinski definition) is 0. The summed E-state index contributed by atoms with van der Waals surface area (Å²) in [7, 11) is 1.77. The maximum atomic E-state index is 4.99. The van der Waals surface area contributed by atoms with Gasteiger partial charge in [-0.2, -0.15) is 0 Å². The van der Waals surface area contributed by atoms with Crippen LogP contribution in [0.5, 0.6) is 0 Å². The lowest BCUT2D eigenvalue weighted by Gasteiger charge is -2.04. The summed E-state index contributed by atoms with van der Waals surface area (Å²) >= 11 is 0. The normalized spacial score (nSPS) is 29.5. The van der Waals surface area contributed by atoms with Crippen LogP contribution in [0.1, 0.15) is 20.3 Å². The zero-order valence-corrected chi connectivity index (χ0v) is 7.84. The summed E-state index contributed by atoms with van der Waals surface area (Å²) in [5.41, 5.74) is 0. The lowest BCUT2D eigenvalue weighted by molar-refractivity contribution is 0.188. The molecule has 0 saturated carbocycles. The molecule has 0 aromatic carbocycles. The third-order valence-corrected chi connectivity index (χ3v) is 2.32. The molecule has 0 aromatic heterocycles. The van der Waals surface area contributed by atoms with Crippen LogP contribution >= 0.6 is 0 Å². The third kappa shape index (κ3) is 2.80. The Hall–Kier alpha value is -0.0800. The van der Waals surface area contributed by atoms with Gasteiger partial charge < -0.3 is 4.74 Å². The van der Waals surface area contributed by atoms with Gasteiger partial charge in [-0.15, -0.1) is 0 Å². The third-order valence-electron chi connectivity index (χ3n) is 2.32. The van der Waals surface area contributed by atoms with E-state index in [-0.39, 0.29) is 0 Å². The molecule has 2 heteroatoms. The SMILES string of the molecule is COCCCN1CC1C(C)C. The first-order valence-corrected chi connectivity index (χ1v) is 4.48. The van der Waals surface area contributed by atoms with Crippen LogP contribution in [-0.4, -0.2) is 37.7 Å². The second-order valence-electron chi connectivity index (χ2n) is 3.65. The zero-order chi connectivity index (χ0) is 8.27. The first-order chi connectivity index (χ1) is 5.25. The van der Waals surface area contributed by atoms with Crippen molar-refractivity contribution in [3.8, 4) is 0 Å². The molecule has 0 amide bonds. The summed E-state index contributed by atoms with van der Waals surface area (Å²) in [6, 6.07) is 0.867. The highest BCUT2D eigenvalue weighted by molar-refractivity contribution is 4.90. The number of methoxy groups -OCH3 is 1. The second kappa shape index (κ2) is 4.07. The lowest BCUT2D eigenvalue weighted by atomic mass is 10.1. The van der Waals surface area contributed by atoms with Crippen LogP contribution in [0, 0.1) is 5.92 Å². The molecule has 0 aliphatic carbocycles. The van der Waals surface area contributed by atoms with E-state index in [4.69, 9.17) is 4.74 Å². The molecule has 0 N–H and O–H groups in total.